The largest absolute Gasteiger partial charge is 0.388 e. The van der Waals surface area contributed by atoms with Crippen LogP contribution in [0.1, 0.15) is 18.9 Å². The van der Waals surface area contributed by atoms with Crippen molar-refractivity contribution in [1.29, 1.82) is 0 Å². The normalized spacial score (nSPS) is 13.7. The van der Waals surface area contributed by atoms with Crippen LogP contribution in [0.25, 0.3) is 6.08 Å². The topological polar surface area (TPSA) is 20.2 Å². The molecule has 0 spiro atoms. The van der Waals surface area contributed by atoms with E-state index in [1.54, 1.807) is 6.08 Å². The van der Waals surface area contributed by atoms with Gasteiger partial charge in [-0.05, 0) is 24.5 Å². The van der Waals surface area contributed by atoms with Gasteiger partial charge in [0.1, 0.15) is 0 Å². The van der Waals surface area contributed by atoms with Crippen LogP contribution in [0.4, 0.5) is 0 Å². The Labute approximate surface area is 85.4 Å². The third kappa shape index (κ3) is 3.19. The van der Waals surface area contributed by atoms with Gasteiger partial charge < -0.3 is 5.11 Å². The van der Waals surface area contributed by atoms with Gasteiger partial charge in [-0.1, -0.05) is 42.5 Å². The van der Waals surface area contributed by atoms with Gasteiger partial charge in [-0.3, -0.25) is 0 Å². The van der Waals surface area contributed by atoms with Crippen molar-refractivity contribution in [2.45, 2.75) is 19.4 Å². The molecular formula is C13H16O. The fourth-order valence-corrected chi connectivity index (χ4v) is 1.25. The summed E-state index contributed by atoms with van der Waals surface area (Å²) in [5.74, 6) is 0. The van der Waals surface area contributed by atoms with Crippen LogP contribution >= 0.6 is 0 Å². The third-order valence-corrected chi connectivity index (χ3v) is 2.11. The van der Waals surface area contributed by atoms with Gasteiger partial charge in [-0.15, -0.1) is 6.58 Å². The molecular weight excluding hydrogens is 172 g/mol. The molecule has 0 unspecified atom stereocenters. The molecule has 0 radical (unpaired) electrons. The fraction of sp³-hybridized carbons (Fsp3) is 0.231. The number of hydrogen-bond acceptors (Lipinski definition) is 1. The SMILES string of the molecule is C=CC[C@H](O)/C(C)=C/c1ccccc1. The average molecular weight is 188 g/mol. The highest BCUT2D eigenvalue weighted by Crippen LogP contribution is 2.11. The Morgan fingerprint density at radius 3 is 2.64 bits per heavy atom. The summed E-state index contributed by atoms with van der Waals surface area (Å²) in [5.41, 5.74) is 2.09. The molecule has 1 aromatic rings. The van der Waals surface area contributed by atoms with Gasteiger partial charge in [0.05, 0.1) is 6.10 Å². The average Bonchev–Trinajstić information content (AvgIpc) is 2.19. The lowest BCUT2D eigenvalue weighted by Gasteiger charge is -2.08. The van der Waals surface area contributed by atoms with Gasteiger partial charge in [0, 0.05) is 0 Å². The molecule has 0 fully saturated rings. The Balaban J connectivity index is 2.73. The highest BCUT2D eigenvalue weighted by atomic mass is 16.3. The molecule has 1 heteroatoms. The predicted octanol–water partition coefficient (Wildman–Crippen LogP) is 3.03. The van der Waals surface area contributed by atoms with Crippen LogP contribution in [0.2, 0.25) is 0 Å². The lowest BCUT2D eigenvalue weighted by atomic mass is 10.1. The number of aliphatic hydroxyl groups excluding tert-OH is 1. The van der Waals surface area contributed by atoms with Crippen LogP contribution in [0.5, 0.6) is 0 Å². The zero-order valence-electron chi connectivity index (χ0n) is 8.48. The molecule has 0 bridgehead atoms. The van der Waals surface area contributed by atoms with Gasteiger partial charge in [0.25, 0.3) is 0 Å². The van der Waals surface area contributed by atoms with E-state index in [0.29, 0.717) is 6.42 Å². The van der Waals surface area contributed by atoms with Gasteiger partial charge in [-0.25, -0.2) is 0 Å². The first-order chi connectivity index (χ1) is 6.74. The summed E-state index contributed by atoms with van der Waals surface area (Å²) in [6.45, 7) is 5.53. The minimum Gasteiger partial charge on any atom is -0.388 e. The molecule has 0 saturated carbocycles. The molecule has 0 aliphatic heterocycles. The van der Waals surface area contributed by atoms with Crippen molar-refractivity contribution in [3.05, 3.63) is 54.1 Å². The summed E-state index contributed by atoms with van der Waals surface area (Å²) < 4.78 is 0. The molecule has 0 heterocycles. The van der Waals surface area contributed by atoms with Crippen LogP contribution in [0.15, 0.2) is 48.6 Å². The summed E-state index contributed by atoms with van der Waals surface area (Å²) in [7, 11) is 0. The van der Waals surface area contributed by atoms with Crippen molar-refractivity contribution < 1.29 is 5.11 Å². The van der Waals surface area contributed by atoms with Gasteiger partial charge >= 0.3 is 0 Å². The van der Waals surface area contributed by atoms with Crippen molar-refractivity contribution in [2.75, 3.05) is 0 Å². The maximum Gasteiger partial charge on any atom is 0.0784 e. The van der Waals surface area contributed by atoms with Crippen molar-refractivity contribution in [1.82, 2.24) is 0 Å². The second-order valence-corrected chi connectivity index (χ2v) is 3.34. The van der Waals surface area contributed by atoms with E-state index >= 15 is 0 Å². The van der Waals surface area contributed by atoms with Crippen molar-refractivity contribution in [3.63, 3.8) is 0 Å². The molecule has 0 saturated heterocycles. The second-order valence-electron chi connectivity index (χ2n) is 3.34. The molecule has 1 atom stereocenters. The monoisotopic (exact) mass is 188 g/mol. The first kappa shape index (κ1) is 10.7. The summed E-state index contributed by atoms with van der Waals surface area (Å²) >= 11 is 0. The minimum atomic E-state index is -0.410. The molecule has 0 aliphatic carbocycles. The van der Waals surface area contributed by atoms with E-state index in [2.05, 4.69) is 6.58 Å². The standard InChI is InChI=1S/C13H16O/c1-3-7-13(14)11(2)10-12-8-5-4-6-9-12/h3-6,8-10,13-14H,1,7H2,2H3/b11-10+/t13-/m0/s1. The van der Waals surface area contributed by atoms with E-state index in [1.165, 1.54) is 0 Å². The summed E-state index contributed by atoms with van der Waals surface area (Å²) in [4.78, 5) is 0. The van der Waals surface area contributed by atoms with E-state index in [4.69, 9.17) is 0 Å². The molecule has 74 valence electrons. The van der Waals surface area contributed by atoms with Crippen LogP contribution in [-0.2, 0) is 0 Å². The smallest absolute Gasteiger partial charge is 0.0784 e. The summed E-state index contributed by atoms with van der Waals surface area (Å²) in [6, 6.07) is 9.99. The minimum absolute atomic E-state index is 0.410. The van der Waals surface area contributed by atoms with Gasteiger partial charge in [0.15, 0.2) is 0 Å². The quantitative estimate of drug-likeness (QED) is 0.720. The van der Waals surface area contributed by atoms with E-state index in [1.807, 2.05) is 43.3 Å². The van der Waals surface area contributed by atoms with Crippen molar-refractivity contribution >= 4 is 6.08 Å². The van der Waals surface area contributed by atoms with E-state index in [9.17, 15) is 5.11 Å². The Hall–Kier alpha value is -1.34. The Kier molecular flexibility index (Phi) is 4.14. The van der Waals surface area contributed by atoms with E-state index in [0.717, 1.165) is 11.1 Å². The number of benzene rings is 1. The Bertz CT molecular complexity index is 311. The molecule has 0 amide bonds. The first-order valence-electron chi connectivity index (χ1n) is 4.76. The van der Waals surface area contributed by atoms with Crippen LogP contribution < -0.4 is 0 Å². The van der Waals surface area contributed by atoms with E-state index < -0.39 is 6.10 Å². The summed E-state index contributed by atoms with van der Waals surface area (Å²) in [5, 5.41) is 9.64. The third-order valence-electron chi connectivity index (χ3n) is 2.11. The highest BCUT2D eigenvalue weighted by Gasteiger charge is 2.02. The molecule has 0 aromatic heterocycles. The Morgan fingerprint density at radius 2 is 2.07 bits per heavy atom. The summed E-state index contributed by atoms with van der Waals surface area (Å²) in [6.07, 6.45) is 3.92. The maximum absolute atomic E-state index is 9.64. The second kappa shape index (κ2) is 5.40. The van der Waals surface area contributed by atoms with Crippen LogP contribution in [0, 0.1) is 0 Å². The fourth-order valence-electron chi connectivity index (χ4n) is 1.25. The lowest BCUT2D eigenvalue weighted by Crippen LogP contribution is -2.05. The zero-order valence-corrected chi connectivity index (χ0v) is 8.48. The van der Waals surface area contributed by atoms with Crippen LogP contribution in [0.3, 0.4) is 0 Å². The molecule has 1 rings (SSSR count). The van der Waals surface area contributed by atoms with Gasteiger partial charge in [0.2, 0.25) is 0 Å². The molecule has 0 aliphatic rings. The number of hydrogen-bond donors (Lipinski definition) is 1. The molecule has 1 nitrogen and oxygen atoms in total. The zero-order chi connectivity index (χ0) is 10.4. The predicted molar refractivity (Wildman–Crippen MR) is 60.9 cm³/mol. The lowest BCUT2D eigenvalue weighted by molar-refractivity contribution is 0.215. The first-order valence-corrected chi connectivity index (χ1v) is 4.76. The van der Waals surface area contributed by atoms with Crippen molar-refractivity contribution in [2.24, 2.45) is 0 Å². The van der Waals surface area contributed by atoms with Crippen LogP contribution in [-0.4, -0.2) is 11.2 Å². The number of rotatable bonds is 4. The molecule has 14 heavy (non-hydrogen) atoms. The Morgan fingerprint density at radius 1 is 1.43 bits per heavy atom. The van der Waals surface area contributed by atoms with Gasteiger partial charge in [-0.2, -0.15) is 0 Å². The number of aliphatic hydroxyl groups is 1. The maximum atomic E-state index is 9.64. The molecule has 1 aromatic carbocycles. The highest BCUT2D eigenvalue weighted by molar-refractivity contribution is 5.52. The molecule has 1 N–H and O–H groups in total. The van der Waals surface area contributed by atoms with Crippen molar-refractivity contribution in [3.8, 4) is 0 Å². The van der Waals surface area contributed by atoms with E-state index in [-0.39, 0.29) is 0 Å².